The van der Waals surface area contributed by atoms with E-state index in [4.69, 9.17) is 5.73 Å². The van der Waals surface area contributed by atoms with Crippen LogP contribution in [-0.2, 0) is 13.1 Å². The number of aromatic nitrogens is 2. The number of nitrogens with two attached hydrogens (primary N) is 1. The summed E-state index contributed by atoms with van der Waals surface area (Å²) in [5, 5.41) is 2.84. The van der Waals surface area contributed by atoms with Gasteiger partial charge < -0.3 is 16.0 Å². The Kier molecular flexibility index (Phi) is 3.96. The van der Waals surface area contributed by atoms with Crippen LogP contribution in [0.15, 0.2) is 54.9 Å². The molecule has 1 aromatic heterocycles. The lowest BCUT2D eigenvalue weighted by atomic mass is 10.0. The average molecular weight is 349 g/mol. The Morgan fingerprint density at radius 2 is 1.62 bits per heavy atom. The predicted molar refractivity (Wildman–Crippen MR) is 96.5 cm³/mol. The summed E-state index contributed by atoms with van der Waals surface area (Å²) in [7, 11) is 0. The number of halogens is 1. The second-order valence-corrected chi connectivity index (χ2v) is 6.04. The van der Waals surface area contributed by atoms with E-state index in [-0.39, 0.29) is 11.8 Å². The van der Waals surface area contributed by atoms with Crippen molar-refractivity contribution in [2.75, 3.05) is 11.1 Å². The molecular formula is C19H16FN5O. The second-order valence-electron chi connectivity index (χ2n) is 6.04. The van der Waals surface area contributed by atoms with Crippen molar-refractivity contribution in [1.29, 1.82) is 0 Å². The van der Waals surface area contributed by atoms with Crippen molar-refractivity contribution in [1.82, 2.24) is 14.9 Å². The van der Waals surface area contributed by atoms with E-state index in [0.717, 1.165) is 22.5 Å². The maximum Gasteiger partial charge on any atom is 0.322 e. The highest BCUT2D eigenvalue weighted by atomic mass is 19.1. The van der Waals surface area contributed by atoms with E-state index >= 15 is 0 Å². The lowest BCUT2D eigenvalue weighted by Gasteiger charge is -2.17. The summed E-state index contributed by atoms with van der Waals surface area (Å²) in [5.74, 6) is -0.298. The van der Waals surface area contributed by atoms with Crippen LogP contribution in [0.1, 0.15) is 11.4 Å². The molecule has 3 N–H and O–H groups in total. The van der Waals surface area contributed by atoms with Gasteiger partial charge in [0.05, 0.1) is 35.9 Å². The minimum Gasteiger partial charge on any atom is -0.397 e. The minimum absolute atomic E-state index is 0.271. The zero-order valence-corrected chi connectivity index (χ0v) is 13.8. The van der Waals surface area contributed by atoms with Gasteiger partial charge in [-0.2, -0.15) is 0 Å². The fraction of sp³-hybridized carbons (Fsp3) is 0.105. The summed E-state index contributed by atoms with van der Waals surface area (Å²) in [4.78, 5) is 22.7. The Morgan fingerprint density at radius 1 is 1.00 bits per heavy atom. The number of rotatable bonds is 2. The second kappa shape index (κ2) is 6.44. The average Bonchev–Trinajstić information content (AvgIpc) is 3.09. The molecule has 2 heterocycles. The lowest BCUT2D eigenvalue weighted by molar-refractivity contribution is 0.212. The highest BCUT2D eigenvalue weighted by Crippen LogP contribution is 2.28. The van der Waals surface area contributed by atoms with Gasteiger partial charge >= 0.3 is 6.03 Å². The van der Waals surface area contributed by atoms with Crippen molar-refractivity contribution in [3.8, 4) is 11.1 Å². The van der Waals surface area contributed by atoms with Crippen LogP contribution in [-0.4, -0.2) is 20.9 Å². The van der Waals surface area contributed by atoms with Crippen LogP contribution in [0.25, 0.3) is 11.1 Å². The molecule has 0 saturated carbocycles. The van der Waals surface area contributed by atoms with Crippen molar-refractivity contribution < 1.29 is 9.18 Å². The molecule has 4 rings (SSSR count). The molecule has 0 aliphatic carbocycles. The zero-order chi connectivity index (χ0) is 18.1. The number of hydrogen-bond donors (Lipinski definition) is 2. The molecule has 3 aromatic rings. The third-order valence-electron chi connectivity index (χ3n) is 4.30. The topological polar surface area (TPSA) is 84.1 Å². The highest BCUT2D eigenvalue weighted by Gasteiger charge is 2.25. The monoisotopic (exact) mass is 349 g/mol. The molecule has 0 saturated heterocycles. The molecule has 0 bridgehead atoms. The fourth-order valence-corrected chi connectivity index (χ4v) is 2.90. The van der Waals surface area contributed by atoms with Crippen LogP contribution in [0, 0.1) is 5.82 Å². The van der Waals surface area contributed by atoms with Gasteiger partial charge in [-0.1, -0.05) is 18.2 Å². The number of amides is 2. The van der Waals surface area contributed by atoms with Crippen LogP contribution in [0.4, 0.5) is 20.6 Å². The summed E-state index contributed by atoms with van der Waals surface area (Å²) in [6.07, 6.45) is 3.23. The Labute approximate surface area is 149 Å². The number of benzene rings is 2. The smallest absolute Gasteiger partial charge is 0.322 e. The number of anilines is 2. The fourth-order valence-electron chi connectivity index (χ4n) is 2.90. The van der Waals surface area contributed by atoms with Gasteiger partial charge in [0, 0.05) is 12.4 Å². The Balaban J connectivity index is 1.54. The van der Waals surface area contributed by atoms with E-state index in [1.807, 2.05) is 6.07 Å². The Morgan fingerprint density at radius 3 is 2.27 bits per heavy atom. The van der Waals surface area contributed by atoms with Gasteiger partial charge in [0.2, 0.25) is 0 Å². The molecule has 7 heteroatoms. The minimum atomic E-state index is -0.298. The molecule has 1 aliphatic rings. The molecule has 2 amide bonds. The molecule has 0 atom stereocenters. The number of urea groups is 1. The predicted octanol–water partition coefficient (Wildman–Crippen LogP) is 3.41. The molecule has 0 radical (unpaired) electrons. The van der Waals surface area contributed by atoms with Gasteiger partial charge in [-0.15, -0.1) is 0 Å². The van der Waals surface area contributed by atoms with E-state index in [1.165, 1.54) is 12.1 Å². The number of nitrogens with one attached hydrogen (secondary N) is 1. The summed E-state index contributed by atoms with van der Waals surface area (Å²) < 4.78 is 13.1. The quantitative estimate of drug-likeness (QED) is 0.695. The molecule has 0 spiro atoms. The van der Waals surface area contributed by atoms with Crippen molar-refractivity contribution in [3.05, 3.63) is 72.1 Å². The van der Waals surface area contributed by atoms with E-state index < -0.39 is 0 Å². The van der Waals surface area contributed by atoms with Crippen LogP contribution in [0.3, 0.4) is 0 Å². The van der Waals surface area contributed by atoms with Crippen LogP contribution in [0.2, 0.25) is 0 Å². The molecule has 0 unspecified atom stereocenters. The van der Waals surface area contributed by atoms with Gasteiger partial charge in [0.1, 0.15) is 5.82 Å². The summed E-state index contributed by atoms with van der Waals surface area (Å²) in [6, 6.07) is 11.2. The van der Waals surface area contributed by atoms with E-state index in [2.05, 4.69) is 15.3 Å². The van der Waals surface area contributed by atoms with Crippen molar-refractivity contribution in [3.63, 3.8) is 0 Å². The molecule has 2 aromatic carbocycles. The third-order valence-corrected chi connectivity index (χ3v) is 4.30. The molecule has 130 valence electrons. The maximum atomic E-state index is 13.1. The van der Waals surface area contributed by atoms with Gasteiger partial charge in [-0.25, -0.2) is 9.18 Å². The number of hydrogen-bond acceptors (Lipinski definition) is 4. The van der Waals surface area contributed by atoms with Gasteiger partial charge in [-0.3, -0.25) is 9.97 Å². The van der Waals surface area contributed by atoms with Gasteiger partial charge in [-0.05, 0) is 35.4 Å². The first-order chi connectivity index (χ1) is 12.6. The van der Waals surface area contributed by atoms with Crippen molar-refractivity contribution >= 4 is 17.4 Å². The summed E-state index contributed by atoms with van der Waals surface area (Å²) in [5.41, 5.74) is 10.2. The standard InChI is InChI=1S/C19H16FN5O/c20-14-4-1-12(2-5-14)13-3-6-15(21)16(9-13)24-19(26)25-10-17-18(11-25)23-8-7-22-17/h1-9H,10-11,21H2,(H,24,26). The van der Waals surface area contributed by atoms with Gasteiger partial charge in [0.25, 0.3) is 0 Å². The Bertz CT molecular complexity index is 949. The molecule has 26 heavy (non-hydrogen) atoms. The zero-order valence-electron chi connectivity index (χ0n) is 13.8. The highest BCUT2D eigenvalue weighted by molar-refractivity contribution is 5.94. The van der Waals surface area contributed by atoms with Crippen LogP contribution in [0.5, 0.6) is 0 Å². The third kappa shape index (κ3) is 3.06. The van der Waals surface area contributed by atoms with E-state index in [1.54, 1.807) is 41.6 Å². The normalized spacial score (nSPS) is 12.7. The van der Waals surface area contributed by atoms with Crippen molar-refractivity contribution in [2.45, 2.75) is 13.1 Å². The molecule has 6 nitrogen and oxygen atoms in total. The number of nitrogens with zero attached hydrogens (tertiary/aromatic N) is 3. The van der Waals surface area contributed by atoms with E-state index in [0.29, 0.717) is 24.5 Å². The largest absolute Gasteiger partial charge is 0.397 e. The molecular weight excluding hydrogens is 333 g/mol. The van der Waals surface area contributed by atoms with E-state index in [9.17, 15) is 9.18 Å². The van der Waals surface area contributed by atoms with Crippen LogP contribution < -0.4 is 11.1 Å². The Hall–Kier alpha value is -3.48. The number of carbonyl (C=O) groups is 1. The number of fused-ring (bicyclic) bond motifs is 1. The molecule has 1 aliphatic heterocycles. The first kappa shape index (κ1) is 16.0. The first-order valence-corrected chi connectivity index (χ1v) is 8.10. The lowest BCUT2D eigenvalue weighted by Crippen LogP contribution is -2.30. The van der Waals surface area contributed by atoms with Crippen LogP contribution >= 0.6 is 0 Å². The SMILES string of the molecule is Nc1ccc(-c2ccc(F)cc2)cc1NC(=O)N1Cc2nccnc2C1. The first-order valence-electron chi connectivity index (χ1n) is 8.10. The summed E-state index contributed by atoms with van der Waals surface area (Å²) in [6.45, 7) is 0.819. The van der Waals surface area contributed by atoms with Gasteiger partial charge in [0.15, 0.2) is 0 Å². The number of carbonyl (C=O) groups excluding carboxylic acids is 1. The van der Waals surface area contributed by atoms with Crippen molar-refractivity contribution in [2.24, 2.45) is 0 Å². The summed E-state index contributed by atoms with van der Waals surface area (Å²) >= 11 is 0. The maximum absolute atomic E-state index is 13.1. The molecule has 0 fully saturated rings. The number of nitrogen functional groups attached to an aromatic ring is 1.